The maximum absolute atomic E-state index is 13.0. The summed E-state index contributed by atoms with van der Waals surface area (Å²) in [5.74, 6) is 1.25. The molecule has 186 valence electrons. The van der Waals surface area contributed by atoms with Crippen LogP contribution in [0.3, 0.4) is 0 Å². The predicted octanol–water partition coefficient (Wildman–Crippen LogP) is 2.59. The minimum atomic E-state index is -0.311. The van der Waals surface area contributed by atoms with Crippen LogP contribution in [0.15, 0.2) is 18.3 Å². The Kier molecular flexibility index (Phi) is 5.87. The number of carbonyl (C=O) groups is 1. The highest BCUT2D eigenvalue weighted by Gasteiger charge is 2.38. The zero-order chi connectivity index (χ0) is 24.6. The van der Waals surface area contributed by atoms with E-state index in [1.54, 1.807) is 6.20 Å². The van der Waals surface area contributed by atoms with Gasteiger partial charge in [-0.1, -0.05) is 0 Å². The molecular weight excluding hydrogens is 458 g/mol. The molecule has 3 aromatic rings. The Morgan fingerprint density at radius 1 is 1.28 bits per heavy atom. The molecule has 3 aliphatic rings. The van der Waals surface area contributed by atoms with E-state index >= 15 is 0 Å². The molecule has 1 unspecified atom stereocenters. The highest BCUT2D eigenvalue weighted by Crippen LogP contribution is 2.38. The fraction of sp³-hybridized carbons (Fsp3) is 0.560. The highest BCUT2D eigenvalue weighted by molar-refractivity contribution is 5.91. The zero-order valence-corrected chi connectivity index (χ0v) is 20.2. The van der Waals surface area contributed by atoms with Crippen LogP contribution in [0, 0.1) is 29.1 Å². The summed E-state index contributed by atoms with van der Waals surface area (Å²) >= 11 is 0. The molecule has 2 saturated carbocycles. The molecule has 1 aliphatic heterocycles. The summed E-state index contributed by atoms with van der Waals surface area (Å²) in [6, 6.07) is 6.47. The van der Waals surface area contributed by atoms with Crippen molar-refractivity contribution in [2.24, 2.45) is 17.8 Å². The van der Waals surface area contributed by atoms with Crippen molar-refractivity contribution in [2.75, 3.05) is 24.6 Å². The third kappa shape index (κ3) is 4.67. The van der Waals surface area contributed by atoms with Gasteiger partial charge in [-0.15, -0.1) is 0 Å². The van der Waals surface area contributed by atoms with Crippen LogP contribution in [0.4, 0.5) is 5.95 Å². The van der Waals surface area contributed by atoms with Crippen LogP contribution in [0.5, 0.6) is 6.01 Å². The number of hydrogen-bond donors (Lipinski definition) is 2. The van der Waals surface area contributed by atoms with Gasteiger partial charge in [-0.3, -0.25) is 9.89 Å². The standard InChI is InChI=1S/C25H29N9O2/c1-14(15-4-5-15)28-23(35)22-29-24(31-25(30-22)36-13-18-11-17(18)12-26)34-9-6-16(7-10-34)20-19-3-2-8-27-21(19)33-32-20/h2-3,8,14-18H,4-7,9-11,13H2,1H3,(H,28,35)(H,27,32,33)/t14-,17?,18+/m0/s1. The molecule has 4 heterocycles. The molecule has 0 aromatic carbocycles. The monoisotopic (exact) mass is 487 g/mol. The lowest BCUT2D eigenvalue weighted by atomic mass is 9.92. The Bertz CT molecular complexity index is 1310. The Morgan fingerprint density at radius 2 is 2.11 bits per heavy atom. The van der Waals surface area contributed by atoms with Gasteiger partial charge < -0.3 is 15.0 Å². The van der Waals surface area contributed by atoms with Crippen LogP contribution in [0.25, 0.3) is 11.0 Å². The summed E-state index contributed by atoms with van der Waals surface area (Å²) in [4.78, 5) is 32.8. The molecule has 2 N–H and O–H groups in total. The van der Waals surface area contributed by atoms with Crippen molar-refractivity contribution in [3.05, 3.63) is 29.8 Å². The van der Waals surface area contributed by atoms with Crippen LogP contribution in [0.2, 0.25) is 0 Å². The summed E-state index contributed by atoms with van der Waals surface area (Å²) in [7, 11) is 0. The molecule has 0 bridgehead atoms. The smallest absolute Gasteiger partial charge is 0.321 e. The van der Waals surface area contributed by atoms with Crippen LogP contribution >= 0.6 is 0 Å². The summed E-state index contributed by atoms with van der Waals surface area (Å²) in [5.41, 5.74) is 1.85. The first-order valence-electron chi connectivity index (χ1n) is 12.7. The van der Waals surface area contributed by atoms with E-state index in [0.717, 1.165) is 61.9 Å². The Hall–Kier alpha value is -3.81. The van der Waals surface area contributed by atoms with E-state index in [0.29, 0.717) is 24.4 Å². The van der Waals surface area contributed by atoms with Crippen LogP contribution in [-0.4, -0.2) is 61.8 Å². The molecule has 1 amide bonds. The van der Waals surface area contributed by atoms with E-state index in [1.165, 1.54) is 0 Å². The maximum Gasteiger partial charge on any atom is 0.321 e. The fourth-order valence-corrected chi connectivity index (χ4v) is 4.95. The van der Waals surface area contributed by atoms with Crippen molar-refractivity contribution in [1.29, 1.82) is 5.26 Å². The molecular formula is C25H29N9O2. The SMILES string of the molecule is C[C@H](NC(=O)c1nc(OC[C@H]2CC2C#N)nc(N2CCC(c3n[nH]c4ncccc34)CC2)n1)C1CC1. The van der Waals surface area contributed by atoms with E-state index < -0.39 is 0 Å². The summed E-state index contributed by atoms with van der Waals surface area (Å²) in [5, 5.41) is 20.7. The van der Waals surface area contributed by atoms with Crippen LogP contribution < -0.4 is 15.0 Å². The van der Waals surface area contributed by atoms with Crippen molar-refractivity contribution in [3.8, 4) is 12.1 Å². The van der Waals surface area contributed by atoms with E-state index in [2.05, 4.69) is 46.4 Å². The number of anilines is 1. The molecule has 0 radical (unpaired) electrons. The first-order valence-corrected chi connectivity index (χ1v) is 12.7. The van der Waals surface area contributed by atoms with Gasteiger partial charge in [-0.2, -0.15) is 25.3 Å². The summed E-state index contributed by atoms with van der Waals surface area (Å²) in [6.45, 7) is 3.83. The minimum absolute atomic E-state index is 0.0285. The number of aromatic amines is 1. The summed E-state index contributed by atoms with van der Waals surface area (Å²) < 4.78 is 5.84. The topological polar surface area (TPSA) is 146 Å². The van der Waals surface area contributed by atoms with Crippen LogP contribution in [0.1, 0.15) is 61.3 Å². The van der Waals surface area contributed by atoms with Gasteiger partial charge in [0.05, 0.1) is 24.3 Å². The van der Waals surface area contributed by atoms with E-state index in [4.69, 9.17) is 10.00 Å². The Morgan fingerprint density at radius 3 is 2.86 bits per heavy atom. The molecule has 3 aromatic heterocycles. The first-order chi connectivity index (χ1) is 17.6. The van der Waals surface area contributed by atoms with Gasteiger partial charge in [0.15, 0.2) is 5.65 Å². The molecule has 0 spiro atoms. The lowest BCUT2D eigenvalue weighted by Crippen LogP contribution is -2.37. The fourth-order valence-electron chi connectivity index (χ4n) is 4.95. The number of hydrogen-bond acceptors (Lipinski definition) is 9. The zero-order valence-electron chi connectivity index (χ0n) is 20.2. The second-order valence-electron chi connectivity index (χ2n) is 10.2. The normalized spacial score (nSPS) is 22.7. The molecule has 11 nitrogen and oxygen atoms in total. The van der Waals surface area contributed by atoms with Crippen molar-refractivity contribution in [1.82, 2.24) is 35.5 Å². The number of nitrogens with one attached hydrogen (secondary N) is 2. The molecule has 11 heteroatoms. The van der Waals surface area contributed by atoms with Gasteiger partial charge in [0.2, 0.25) is 11.8 Å². The van der Waals surface area contributed by atoms with Gasteiger partial charge in [0.1, 0.15) is 0 Å². The van der Waals surface area contributed by atoms with Gasteiger partial charge in [-0.05, 0) is 57.1 Å². The number of rotatable bonds is 8. The van der Waals surface area contributed by atoms with Gasteiger partial charge in [0.25, 0.3) is 5.91 Å². The maximum atomic E-state index is 13.0. The molecule has 6 rings (SSSR count). The number of piperidine rings is 1. The number of ether oxygens (including phenoxy) is 1. The number of nitriles is 1. The number of carbonyl (C=O) groups excluding carboxylic acids is 1. The van der Waals surface area contributed by atoms with E-state index in [1.807, 2.05) is 19.1 Å². The number of amides is 1. The van der Waals surface area contributed by atoms with Gasteiger partial charge >= 0.3 is 6.01 Å². The Labute approximate surface area is 208 Å². The second-order valence-corrected chi connectivity index (χ2v) is 10.2. The molecule has 2 aliphatic carbocycles. The quantitative estimate of drug-likeness (QED) is 0.489. The number of aromatic nitrogens is 6. The largest absolute Gasteiger partial charge is 0.463 e. The van der Waals surface area contributed by atoms with Crippen LogP contribution in [-0.2, 0) is 0 Å². The second kappa shape index (κ2) is 9.33. The molecule has 3 atom stereocenters. The van der Waals surface area contributed by atoms with Gasteiger partial charge in [-0.25, -0.2) is 4.98 Å². The first kappa shape index (κ1) is 22.6. The lowest BCUT2D eigenvalue weighted by molar-refractivity contribution is 0.0923. The molecule has 36 heavy (non-hydrogen) atoms. The van der Waals surface area contributed by atoms with Crippen molar-refractivity contribution in [3.63, 3.8) is 0 Å². The highest BCUT2D eigenvalue weighted by atomic mass is 16.5. The molecule has 3 fully saturated rings. The van der Waals surface area contributed by atoms with E-state index in [-0.39, 0.29) is 35.6 Å². The average molecular weight is 488 g/mol. The number of pyridine rings is 1. The average Bonchev–Trinajstić information content (AvgIpc) is 3.84. The number of fused-ring (bicyclic) bond motifs is 1. The van der Waals surface area contributed by atoms with Crippen molar-refractivity contribution in [2.45, 2.75) is 51.0 Å². The summed E-state index contributed by atoms with van der Waals surface area (Å²) in [6.07, 6.45) is 6.61. The third-order valence-electron chi connectivity index (χ3n) is 7.54. The predicted molar refractivity (Wildman–Crippen MR) is 130 cm³/mol. The Balaban J connectivity index is 1.18. The third-order valence-corrected chi connectivity index (χ3v) is 7.54. The lowest BCUT2D eigenvalue weighted by Gasteiger charge is -2.31. The number of nitrogens with zero attached hydrogens (tertiary/aromatic N) is 7. The van der Waals surface area contributed by atoms with Crippen molar-refractivity contribution < 1.29 is 9.53 Å². The van der Waals surface area contributed by atoms with Gasteiger partial charge in [0, 0.05) is 42.6 Å². The molecule has 1 saturated heterocycles. The van der Waals surface area contributed by atoms with Crippen molar-refractivity contribution >= 4 is 22.9 Å². The number of H-pyrrole nitrogens is 1. The van der Waals surface area contributed by atoms with E-state index in [9.17, 15) is 4.79 Å². The minimum Gasteiger partial charge on any atom is -0.463 e.